The van der Waals surface area contributed by atoms with Crippen LogP contribution >= 0.6 is 11.3 Å². The van der Waals surface area contributed by atoms with Crippen molar-refractivity contribution in [2.45, 2.75) is 5.41 Å². The molecule has 11 aromatic rings. The molecule has 1 aliphatic rings. The third-order valence-electron chi connectivity index (χ3n) is 12.1. The fourth-order valence-electron chi connectivity index (χ4n) is 9.73. The van der Waals surface area contributed by atoms with E-state index >= 15 is 0 Å². The number of fused-ring (bicyclic) bond motifs is 10. The van der Waals surface area contributed by atoms with Crippen LogP contribution in [0.5, 0.6) is 0 Å². The zero-order valence-corrected chi connectivity index (χ0v) is 32.3. The molecule has 0 atom stereocenters. The van der Waals surface area contributed by atoms with Crippen molar-refractivity contribution in [2.75, 3.05) is 4.90 Å². The third kappa shape index (κ3) is 4.78. The Labute approximate surface area is 340 Å². The molecule has 0 saturated carbocycles. The normalized spacial score (nSPS) is 13.0. The zero-order valence-electron chi connectivity index (χ0n) is 31.5. The average Bonchev–Trinajstić information content (AvgIpc) is 3.96. The molecule has 0 unspecified atom stereocenters. The quantitative estimate of drug-likeness (QED) is 0.168. The summed E-state index contributed by atoms with van der Waals surface area (Å²) in [6.07, 6.45) is 0. The van der Waals surface area contributed by atoms with E-state index in [4.69, 9.17) is 4.42 Å². The summed E-state index contributed by atoms with van der Waals surface area (Å²) >= 11 is 1.85. The van der Waals surface area contributed by atoms with E-state index in [0.717, 1.165) is 44.7 Å². The smallest absolute Gasteiger partial charge is 0.136 e. The van der Waals surface area contributed by atoms with Crippen molar-refractivity contribution in [3.8, 4) is 22.3 Å². The Morgan fingerprint density at radius 1 is 0.397 bits per heavy atom. The van der Waals surface area contributed by atoms with Gasteiger partial charge >= 0.3 is 0 Å². The van der Waals surface area contributed by atoms with Gasteiger partial charge in [0.25, 0.3) is 0 Å². The van der Waals surface area contributed by atoms with Gasteiger partial charge in [-0.05, 0) is 105 Å². The lowest BCUT2D eigenvalue weighted by Crippen LogP contribution is -2.28. The first kappa shape index (κ1) is 33.0. The zero-order chi connectivity index (χ0) is 38.2. The van der Waals surface area contributed by atoms with E-state index < -0.39 is 5.41 Å². The van der Waals surface area contributed by atoms with Crippen molar-refractivity contribution in [1.29, 1.82) is 0 Å². The predicted octanol–water partition coefficient (Wildman–Crippen LogP) is 15.5. The van der Waals surface area contributed by atoms with Crippen molar-refractivity contribution in [3.05, 3.63) is 235 Å². The van der Waals surface area contributed by atoms with Crippen LogP contribution in [0.15, 0.2) is 217 Å². The maximum atomic E-state index is 6.59. The Morgan fingerprint density at radius 3 is 1.83 bits per heavy atom. The summed E-state index contributed by atoms with van der Waals surface area (Å²) in [6.45, 7) is 0. The lowest BCUT2D eigenvalue weighted by Gasteiger charge is -2.35. The minimum atomic E-state index is -0.495. The van der Waals surface area contributed by atoms with E-state index in [2.05, 4.69) is 217 Å². The van der Waals surface area contributed by atoms with Crippen LogP contribution in [0.4, 0.5) is 17.1 Å². The predicted molar refractivity (Wildman–Crippen MR) is 244 cm³/mol. The summed E-state index contributed by atoms with van der Waals surface area (Å²) in [7, 11) is 0. The number of anilines is 3. The Balaban J connectivity index is 1.08. The van der Waals surface area contributed by atoms with Crippen molar-refractivity contribution in [2.24, 2.45) is 0 Å². The fraction of sp³-hybridized carbons (Fsp3) is 0.0182. The lowest BCUT2D eigenvalue weighted by atomic mass is 9.67. The molecule has 9 aromatic carbocycles. The van der Waals surface area contributed by atoms with Crippen molar-refractivity contribution < 1.29 is 4.42 Å². The Morgan fingerprint density at radius 2 is 1.02 bits per heavy atom. The van der Waals surface area contributed by atoms with Crippen molar-refractivity contribution in [3.63, 3.8) is 0 Å². The van der Waals surface area contributed by atoms with E-state index in [1.165, 1.54) is 58.9 Å². The number of furan rings is 1. The Bertz CT molecular complexity index is 3300. The minimum Gasteiger partial charge on any atom is -0.456 e. The van der Waals surface area contributed by atoms with Gasteiger partial charge in [0.15, 0.2) is 0 Å². The van der Waals surface area contributed by atoms with Crippen LogP contribution in [0, 0.1) is 0 Å². The topological polar surface area (TPSA) is 16.4 Å². The molecule has 0 aliphatic heterocycles. The molecule has 12 rings (SSSR count). The van der Waals surface area contributed by atoms with Crippen LogP contribution in [0.2, 0.25) is 0 Å². The maximum absolute atomic E-state index is 6.59. The molecule has 0 saturated heterocycles. The first-order valence-corrected chi connectivity index (χ1v) is 20.7. The molecule has 272 valence electrons. The van der Waals surface area contributed by atoms with E-state index in [1.54, 1.807) is 0 Å². The largest absolute Gasteiger partial charge is 0.456 e. The standard InChI is InChI=1S/C55H35NOS/c1-4-17-37(18-5-1)55(38-19-6-2-7-20-38)47-27-12-10-24-43(47)44-31-30-41(35-48(44)55)56(39-21-8-3-9-22-39)40-23-14-16-36(34-40)42-26-15-28-49-52(42)53-50(57-49)33-32-46-45-25-11-13-29-51(45)58-54(46)53/h1-35H. The van der Waals surface area contributed by atoms with Gasteiger partial charge in [-0.2, -0.15) is 0 Å². The van der Waals surface area contributed by atoms with Crippen LogP contribution in [-0.2, 0) is 5.41 Å². The van der Waals surface area contributed by atoms with Gasteiger partial charge in [0.2, 0.25) is 0 Å². The number of hydrogen-bond acceptors (Lipinski definition) is 3. The Hall–Kier alpha value is -7.20. The van der Waals surface area contributed by atoms with Gasteiger partial charge in [0, 0.05) is 48.0 Å². The summed E-state index contributed by atoms with van der Waals surface area (Å²) in [4.78, 5) is 2.41. The molecule has 3 heteroatoms. The molecule has 1 aliphatic carbocycles. The van der Waals surface area contributed by atoms with E-state index in [1.807, 2.05) is 11.3 Å². The number of rotatable bonds is 6. The first-order chi connectivity index (χ1) is 28.8. The number of thiophene rings is 1. The molecule has 2 aromatic heterocycles. The van der Waals surface area contributed by atoms with Gasteiger partial charge in [-0.15, -0.1) is 11.3 Å². The lowest BCUT2D eigenvalue weighted by molar-refractivity contribution is 0.669. The number of benzene rings is 9. The molecular weight excluding hydrogens is 723 g/mol. The SMILES string of the molecule is c1ccc(N(c2cccc(-c3cccc4oc5ccc6c7ccccc7sc6c5c34)c2)c2ccc3c(c2)C(c2ccccc2)(c2ccccc2)c2ccccc2-3)cc1. The fourth-order valence-corrected chi connectivity index (χ4v) is 11.0. The second kappa shape index (κ2) is 12.9. The number of nitrogens with zero attached hydrogens (tertiary/aromatic N) is 1. The monoisotopic (exact) mass is 757 g/mol. The minimum absolute atomic E-state index is 0.495. The molecule has 2 nitrogen and oxygen atoms in total. The summed E-state index contributed by atoms with van der Waals surface area (Å²) in [5.41, 5.74) is 14.5. The Kier molecular flexibility index (Phi) is 7.35. The van der Waals surface area contributed by atoms with Gasteiger partial charge < -0.3 is 9.32 Å². The second-order valence-electron chi connectivity index (χ2n) is 15.2. The summed E-state index contributed by atoms with van der Waals surface area (Å²) in [5, 5.41) is 4.91. The van der Waals surface area contributed by atoms with Crippen molar-refractivity contribution in [1.82, 2.24) is 0 Å². The molecule has 0 bridgehead atoms. The van der Waals surface area contributed by atoms with Gasteiger partial charge in [0.1, 0.15) is 11.2 Å². The molecule has 0 spiro atoms. The summed E-state index contributed by atoms with van der Waals surface area (Å²) < 4.78 is 9.15. The molecule has 0 radical (unpaired) electrons. The van der Waals surface area contributed by atoms with Crippen LogP contribution in [-0.4, -0.2) is 0 Å². The summed E-state index contributed by atoms with van der Waals surface area (Å²) in [5.74, 6) is 0. The third-order valence-corrected chi connectivity index (χ3v) is 13.3. The highest BCUT2D eigenvalue weighted by atomic mass is 32.1. The van der Waals surface area contributed by atoms with Crippen LogP contribution in [0.1, 0.15) is 22.3 Å². The van der Waals surface area contributed by atoms with Gasteiger partial charge in [-0.25, -0.2) is 0 Å². The molecular formula is C55H35NOS. The van der Waals surface area contributed by atoms with Crippen molar-refractivity contribution >= 4 is 70.5 Å². The highest BCUT2D eigenvalue weighted by Gasteiger charge is 2.46. The molecule has 0 N–H and O–H groups in total. The van der Waals surface area contributed by atoms with Gasteiger partial charge in [-0.1, -0.05) is 152 Å². The van der Waals surface area contributed by atoms with Crippen LogP contribution in [0.25, 0.3) is 64.4 Å². The van der Waals surface area contributed by atoms with Crippen LogP contribution < -0.4 is 4.90 Å². The average molecular weight is 758 g/mol. The maximum Gasteiger partial charge on any atom is 0.136 e. The molecule has 2 heterocycles. The van der Waals surface area contributed by atoms with E-state index in [0.29, 0.717) is 0 Å². The van der Waals surface area contributed by atoms with E-state index in [-0.39, 0.29) is 0 Å². The summed E-state index contributed by atoms with van der Waals surface area (Å²) in [6, 6.07) is 77.4. The molecule has 58 heavy (non-hydrogen) atoms. The highest BCUT2D eigenvalue weighted by molar-refractivity contribution is 7.26. The number of hydrogen-bond donors (Lipinski definition) is 0. The van der Waals surface area contributed by atoms with Crippen LogP contribution in [0.3, 0.4) is 0 Å². The first-order valence-electron chi connectivity index (χ1n) is 19.8. The molecule has 0 fully saturated rings. The van der Waals surface area contributed by atoms with Gasteiger partial charge in [0.05, 0.1) is 5.41 Å². The highest BCUT2D eigenvalue weighted by Crippen LogP contribution is 2.57. The van der Waals surface area contributed by atoms with Gasteiger partial charge in [-0.3, -0.25) is 0 Å². The van der Waals surface area contributed by atoms with E-state index in [9.17, 15) is 0 Å². The number of para-hydroxylation sites is 1. The molecule has 0 amide bonds. The second-order valence-corrected chi connectivity index (χ2v) is 16.2.